The summed E-state index contributed by atoms with van der Waals surface area (Å²) in [5, 5.41) is 12.5. The smallest absolute Gasteiger partial charge is 0.335 e. The van der Waals surface area contributed by atoms with E-state index in [0.29, 0.717) is 42.1 Å². The van der Waals surface area contributed by atoms with Gasteiger partial charge in [0.05, 0.1) is 10.6 Å². The van der Waals surface area contributed by atoms with E-state index in [9.17, 15) is 14.7 Å². The number of benzene rings is 5. The number of ether oxygens (including phenoxy) is 1. The quantitative estimate of drug-likeness (QED) is 0.144. The van der Waals surface area contributed by atoms with Crippen molar-refractivity contribution >= 4 is 40.5 Å². The van der Waals surface area contributed by atoms with Gasteiger partial charge in [-0.15, -0.1) is 0 Å². The van der Waals surface area contributed by atoms with Crippen LogP contribution >= 0.6 is 12.2 Å². The second-order valence-corrected chi connectivity index (χ2v) is 11.9. The van der Waals surface area contributed by atoms with Crippen LogP contribution in [0.15, 0.2) is 127 Å². The molecule has 1 atom stereocenters. The van der Waals surface area contributed by atoms with Gasteiger partial charge in [0, 0.05) is 29.4 Å². The number of fused-ring (bicyclic) bond motifs is 1. The molecule has 7 heteroatoms. The minimum absolute atomic E-state index is 0.0546. The zero-order valence-corrected chi connectivity index (χ0v) is 26.1. The van der Waals surface area contributed by atoms with Crippen LogP contribution in [0.1, 0.15) is 55.8 Å². The molecule has 1 heterocycles. The Morgan fingerprint density at radius 2 is 1.48 bits per heavy atom. The summed E-state index contributed by atoms with van der Waals surface area (Å²) in [6.07, 6.45) is 2.64. The number of anilines is 2. The van der Waals surface area contributed by atoms with E-state index in [4.69, 9.17) is 17.0 Å². The molecule has 1 aliphatic heterocycles. The molecule has 0 saturated carbocycles. The zero-order valence-electron chi connectivity index (χ0n) is 25.3. The summed E-state index contributed by atoms with van der Waals surface area (Å²) in [5.41, 5.74) is 6.83. The number of amides is 1. The third kappa shape index (κ3) is 7.50. The number of carbonyl (C=O) groups excluding carboxylic acids is 1. The Labute approximate surface area is 274 Å². The Hall–Kier alpha value is -5.27. The van der Waals surface area contributed by atoms with E-state index in [1.807, 2.05) is 95.9 Å². The highest BCUT2D eigenvalue weighted by Gasteiger charge is 2.34. The fourth-order valence-electron chi connectivity index (χ4n) is 5.83. The van der Waals surface area contributed by atoms with Crippen LogP contribution in [0.25, 0.3) is 0 Å². The minimum Gasteiger partial charge on any atom is -0.489 e. The molecule has 6 rings (SSSR count). The topological polar surface area (TPSA) is 78.9 Å². The second-order valence-electron chi connectivity index (χ2n) is 11.4. The summed E-state index contributed by atoms with van der Waals surface area (Å²) in [5.74, 6) is -0.287. The predicted molar refractivity (Wildman–Crippen MR) is 186 cm³/mol. The summed E-state index contributed by atoms with van der Waals surface area (Å²) in [4.78, 5) is 28.0. The van der Waals surface area contributed by atoms with Crippen LogP contribution in [-0.2, 0) is 19.4 Å². The van der Waals surface area contributed by atoms with Gasteiger partial charge in [-0.1, -0.05) is 91.1 Å². The number of hydrogen-bond acceptors (Lipinski definition) is 4. The average Bonchev–Trinajstić information content (AvgIpc) is 3.45. The SMILES string of the molecule is O=C(O)c1cccc(NC(=S)CCC2Cc3cc(OCc4ccccc4)ccc3N2C(=O)c2ccc(Cc3ccccc3)cc2)c1. The molecule has 0 saturated heterocycles. The summed E-state index contributed by atoms with van der Waals surface area (Å²) in [7, 11) is 0. The van der Waals surface area contributed by atoms with Crippen LogP contribution in [0.2, 0.25) is 0 Å². The van der Waals surface area contributed by atoms with Gasteiger partial charge >= 0.3 is 5.97 Å². The van der Waals surface area contributed by atoms with Gasteiger partial charge in [0.25, 0.3) is 5.91 Å². The van der Waals surface area contributed by atoms with Gasteiger partial charge in [-0.25, -0.2) is 4.79 Å². The van der Waals surface area contributed by atoms with Crippen LogP contribution in [0.5, 0.6) is 5.75 Å². The molecular weight excluding hydrogens is 593 g/mol. The fourth-order valence-corrected chi connectivity index (χ4v) is 6.06. The Morgan fingerprint density at radius 1 is 0.783 bits per heavy atom. The van der Waals surface area contributed by atoms with Crippen LogP contribution in [0, 0.1) is 0 Å². The fraction of sp³-hybridized carbons (Fsp3) is 0.154. The van der Waals surface area contributed by atoms with Gasteiger partial charge in [0.2, 0.25) is 0 Å². The molecular formula is C39H34N2O4S. The Balaban J connectivity index is 1.19. The van der Waals surface area contributed by atoms with Crippen LogP contribution in [-0.4, -0.2) is 28.0 Å². The van der Waals surface area contributed by atoms with Gasteiger partial charge in [0.1, 0.15) is 12.4 Å². The number of carboxylic acids is 1. The third-order valence-corrected chi connectivity index (χ3v) is 8.45. The van der Waals surface area contributed by atoms with Gasteiger partial charge in [-0.3, -0.25) is 4.79 Å². The maximum atomic E-state index is 14.1. The first-order chi connectivity index (χ1) is 22.4. The predicted octanol–water partition coefficient (Wildman–Crippen LogP) is 8.35. The maximum absolute atomic E-state index is 14.1. The van der Waals surface area contributed by atoms with E-state index < -0.39 is 5.97 Å². The van der Waals surface area contributed by atoms with Crippen molar-refractivity contribution in [3.05, 3.63) is 161 Å². The number of carbonyl (C=O) groups is 2. The first kappa shape index (κ1) is 30.7. The van der Waals surface area contributed by atoms with Gasteiger partial charge < -0.3 is 20.1 Å². The van der Waals surface area contributed by atoms with E-state index in [0.717, 1.165) is 34.5 Å². The van der Waals surface area contributed by atoms with E-state index in [2.05, 4.69) is 17.4 Å². The molecule has 0 fully saturated rings. The Bertz CT molecular complexity index is 1840. The largest absolute Gasteiger partial charge is 0.489 e. The highest BCUT2D eigenvalue weighted by atomic mass is 32.1. The average molecular weight is 627 g/mol. The maximum Gasteiger partial charge on any atom is 0.335 e. The van der Waals surface area contributed by atoms with Crippen LogP contribution in [0.3, 0.4) is 0 Å². The standard InChI is InChI=1S/C39H34N2O4S/c42-38(30-16-14-28(15-17-30)22-27-8-3-1-4-9-27)41-34(18-21-37(46)40-33-13-7-12-31(23-33)39(43)44)24-32-25-35(19-20-36(32)41)45-26-29-10-5-2-6-11-29/h1-17,19-20,23,25,34H,18,21-22,24,26H2,(H,40,46)(H,43,44). The Morgan fingerprint density at radius 3 is 2.20 bits per heavy atom. The molecule has 5 aromatic carbocycles. The number of hydrogen-bond donors (Lipinski definition) is 2. The van der Waals surface area contributed by atoms with Crippen molar-refractivity contribution < 1.29 is 19.4 Å². The molecule has 46 heavy (non-hydrogen) atoms. The summed E-state index contributed by atoms with van der Waals surface area (Å²) in [6, 6.07) is 40.6. The monoisotopic (exact) mass is 626 g/mol. The normalized spacial score (nSPS) is 13.6. The highest BCUT2D eigenvalue weighted by Crippen LogP contribution is 2.38. The van der Waals surface area contributed by atoms with Crippen molar-refractivity contribution in [3.63, 3.8) is 0 Å². The molecule has 0 bridgehead atoms. The van der Waals surface area contributed by atoms with Crippen molar-refractivity contribution in [2.24, 2.45) is 0 Å². The van der Waals surface area contributed by atoms with Crippen LogP contribution in [0.4, 0.5) is 11.4 Å². The lowest BCUT2D eigenvalue weighted by atomic mass is 10.0. The van der Waals surface area contributed by atoms with Gasteiger partial charge in [-0.05, 0) is 90.0 Å². The molecule has 0 aliphatic carbocycles. The van der Waals surface area contributed by atoms with Gasteiger partial charge in [-0.2, -0.15) is 0 Å². The second kappa shape index (κ2) is 14.2. The number of aromatic carboxylic acids is 1. The molecule has 5 aromatic rings. The molecule has 0 spiro atoms. The lowest BCUT2D eigenvalue weighted by molar-refractivity contribution is 0.0696. The third-order valence-electron chi connectivity index (χ3n) is 8.15. The van der Waals surface area contributed by atoms with Crippen molar-refractivity contribution in [2.45, 2.75) is 38.3 Å². The highest BCUT2D eigenvalue weighted by molar-refractivity contribution is 7.80. The zero-order chi connectivity index (χ0) is 31.9. The van der Waals surface area contributed by atoms with E-state index in [1.54, 1.807) is 24.3 Å². The van der Waals surface area contributed by atoms with Gasteiger partial charge in [0.15, 0.2) is 0 Å². The molecule has 2 N–H and O–H groups in total. The summed E-state index contributed by atoms with van der Waals surface area (Å²) >= 11 is 5.65. The van der Waals surface area contributed by atoms with E-state index in [-0.39, 0.29) is 17.5 Å². The van der Waals surface area contributed by atoms with Crippen molar-refractivity contribution in [3.8, 4) is 5.75 Å². The molecule has 0 aromatic heterocycles. The first-order valence-corrected chi connectivity index (χ1v) is 15.7. The number of thiocarbonyl (C=S) groups is 1. The molecule has 0 radical (unpaired) electrons. The molecule has 1 unspecified atom stereocenters. The van der Waals surface area contributed by atoms with Crippen molar-refractivity contribution in [1.82, 2.24) is 0 Å². The van der Waals surface area contributed by atoms with Crippen molar-refractivity contribution in [1.29, 1.82) is 0 Å². The molecule has 1 aliphatic rings. The molecule has 230 valence electrons. The van der Waals surface area contributed by atoms with Crippen molar-refractivity contribution in [2.75, 3.05) is 10.2 Å². The summed E-state index contributed by atoms with van der Waals surface area (Å²) in [6.45, 7) is 0.462. The minimum atomic E-state index is -0.993. The number of rotatable bonds is 11. The number of carboxylic acid groups (broad SMARTS) is 1. The first-order valence-electron chi connectivity index (χ1n) is 15.3. The number of nitrogens with one attached hydrogen (secondary N) is 1. The molecule has 1 amide bonds. The van der Waals surface area contributed by atoms with E-state index in [1.165, 1.54) is 5.56 Å². The van der Waals surface area contributed by atoms with E-state index >= 15 is 0 Å². The lowest BCUT2D eigenvalue weighted by Gasteiger charge is -2.26. The molecule has 6 nitrogen and oxygen atoms in total. The summed E-state index contributed by atoms with van der Waals surface area (Å²) < 4.78 is 6.11. The lowest BCUT2D eigenvalue weighted by Crippen LogP contribution is -2.38. The number of nitrogens with zero attached hydrogens (tertiary/aromatic N) is 1. The Kier molecular flexibility index (Phi) is 9.51. The van der Waals surface area contributed by atoms with Crippen LogP contribution < -0.4 is 15.0 Å².